The number of rotatable bonds is 0. The molecule has 36 valence electrons. The van der Waals surface area contributed by atoms with Crippen LogP contribution in [0.25, 0.3) is 0 Å². The quantitative estimate of drug-likeness (QED) is 0.309. The van der Waals surface area contributed by atoms with Crippen molar-refractivity contribution in [2.75, 3.05) is 0 Å². The van der Waals surface area contributed by atoms with Gasteiger partial charge in [0.05, 0.1) is 5.66 Å². The molecule has 1 aliphatic rings. The Bertz CT molecular complexity index is 68.4. The first kappa shape index (κ1) is 4.05. The van der Waals surface area contributed by atoms with Gasteiger partial charge in [0.25, 0.3) is 0 Å². The Labute approximate surface area is 36.5 Å². The Hall–Kier alpha value is -0.120. The van der Waals surface area contributed by atoms with Gasteiger partial charge in [-0.05, 0) is 6.42 Å². The minimum Gasteiger partial charge on any atom is -0.325 e. The summed E-state index contributed by atoms with van der Waals surface area (Å²) in [7, 11) is 0. The van der Waals surface area contributed by atoms with E-state index in [0.717, 1.165) is 6.42 Å². The monoisotopic (exact) mass is 87.1 g/mol. The Morgan fingerprint density at radius 2 is 1.67 bits per heavy atom. The summed E-state index contributed by atoms with van der Waals surface area (Å²) in [5.74, 6) is 0. The second kappa shape index (κ2) is 0.753. The molecule has 0 bridgehead atoms. The van der Waals surface area contributed by atoms with Crippen LogP contribution in [0.15, 0.2) is 0 Å². The van der Waals surface area contributed by atoms with E-state index in [1.807, 2.05) is 0 Å². The predicted molar refractivity (Wildman–Crippen MR) is 23.7 cm³/mol. The molecule has 0 aromatic carbocycles. The topological polar surface area (TPSA) is 78.1 Å². The van der Waals surface area contributed by atoms with Gasteiger partial charge < -0.3 is 17.2 Å². The average Bonchev–Trinajstić information content (AvgIpc) is 1.73. The Morgan fingerprint density at radius 3 is 1.67 bits per heavy atom. The first-order valence-corrected chi connectivity index (χ1v) is 1.96. The van der Waals surface area contributed by atoms with E-state index < -0.39 is 5.66 Å². The van der Waals surface area contributed by atoms with Crippen LogP contribution in [0.3, 0.4) is 0 Å². The normalized spacial score (nSPS) is 39.5. The van der Waals surface area contributed by atoms with Crippen molar-refractivity contribution in [2.45, 2.75) is 18.1 Å². The van der Waals surface area contributed by atoms with Crippen LogP contribution in [0.1, 0.15) is 6.42 Å². The summed E-state index contributed by atoms with van der Waals surface area (Å²) < 4.78 is 0. The molecule has 0 radical (unpaired) electrons. The van der Waals surface area contributed by atoms with E-state index in [9.17, 15) is 0 Å². The maximum Gasteiger partial charge on any atom is 0.0809 e. The summed E-state index contributed by atoms with van der Waals surface area (Å²) in [6.45, 7) is 0. The molecule has 0 spiro atoms. The molecule has 0 aliphatic heterocycles. The molecule has 1 fully saturated rings. The van der Waals surface area contributed by atoms with E-state index in [-0.39, 0.29) is 6.04 Å². The molecule has 0 aromatic heterocycles. The van der Waals surface area contributed by atoms with E-state index >= 15 is 0 Å². The lowest BCUT2D eigenvalue weighted by Gasteiger charge is -1.94. The maximum atomic E-state index is 5.26. The Morgan fingerprint density at radius 1 is 1.50 bits per heavy atom. The van der Waals surface area contributed by atoms with Crippen LogP contribution in [-0.2, 0) is 0 Å². The molecule has 0 saturated heterocycles. The highest BCUT2D eigenvalue weighted by atomic mass is 15.1. The van der Waals surface area contributed by atoms with E-state index in [0.29, 0.717) is 0 Å². The fourth-order valence-electron chi connectivity index (χ4n) is 0.322. The van der Waals surface area contributed by atoms with E-state index in [1.165, 1.54) is 0 Å². The van der Waals surface area contributed by atoms with Gasteiger partial charge in [-0.25, -0.2) is 0 Å². The molecule has 3 nitrogen and oxygen atoms in total. The summed E-state index contributed by atoms with van der Waals surface area (Å²) >= 11 is 0. The van der Waals surface area contributed by atoms with Gasteiger partial charge in [-0.15, -0.1) is 0 Å². The molecule has 6 N–H and O–H groups in total. The molecule has 1 saturated carbocycles. The zero-order chi connectivity index (χ0) is 4.78. The molecule has 6 heavy (non-hydrogen) atoms. The second-order valence-electron chi connectivity index (χ2n) is 1.92. The molecular formula is C3H9N3. The van der Waals surface area contributed by atoms with Crippen LogP contribution in [-0.4, -0.2) is 11.7 Å². The van der Waals surface area contributed by atoms with Crippen molar-refractivity contribution in [3.8, 4) is 0 Å². The zero-order valence-corrected chi connectivity index (χ0v) is 3.52. The highest BCUT2D eigenvalue weighted by molar-refractivity contribution is 5.06. The summed E-state index contributed by atoms with van der Waals surface area (Å²) in [6, 6.07) is 0.0532. The van der Waals surface area contributed by atoms with Crippen molar-refractivity contribution in [2.24, 2.45) is 17.2 Å². The lowest BCUT2D eigenvalue weighted by Crippen LogP contribution is -2.39. The van der Waals surface area contributed by atoms with Crippen LogP contribution in [0.5, 0.6) is 0 Å². The minimum absolute atomic E-state index is 0.0532. The first-order chi connectivity index (χ1) is 2.63. The average molecular weight is 87.1 g/mol. The smallest absolute Gasteiger partial charge is 0.0809 e. The van der Waals surface area contributed by atoms with Crippen LogP contribution in [0, 0.1) is 0 Å². The van der Waals surface area contributed by atoms with Gasteiger partial charge in [0.1, 0.15) is 0 Å². The van der Waals surface area contributed by atoms with Crippen molar-refractivity contribution >= 4 is 0 Å². The lowest BCUT2D eigenvalue weighted by molar-refractivity contribution is 0.683. The molecule has 1 atom stereocenters. The number of hydrogen-bond donors (Lipinski definition) is 3. The molecule has 0 heterocycles. The van der Waals surface area contributed by atoms with Crippen molar-refractivity contribution in [3.63, 3.8) is 0 Å². The summed E-state index contributed by atoms with van der Waals surface area (Å²) in [5, 5.41) is 0. The van der Waals surface area contributed by atoms with E-state index in [4.69, 9.17) is 17.2 Å². The number of hydrogen-bond acceptors (Lipinski definition) is 3. The molecule has 0 aromatic rings. The first-order valence-electron chi connectivity index (χ1n) is 1.96. The SMILES string of the molecule is NC1CC1(N)N. The van der Waals surface area contributed by atoms with Gasteiger partial charge in [-0.3, -0.25) is 0 Å². The van der Waals surface area contributed by atoms with Crippen LogP contribution >= 0.6 is 0 Å². The largest absolute Gasteiger partial charge is 0.325 e. The second-order valence-corrected chi connectivity index (χ2v) is 1.92. The van der Waals surface area contributed by atoms with Gasteiger partial charge in [0.15, 0.2) is 0 Å². The maximum absolute atomic E-state index is 5.26. The van der Waals surface area contributed by atoms with Crippen LogP contribution in [0.2, 0.25) is 0 Å². The van der Waals surface area contributed by atoms with Crippen molar-refractivity contribution < 1.29 is 0 Å². The fraction of sp³-hybridized carbons (Fsp3) is 1.00. The van der Waals surface area contributed by atoms with Gasteiger partial charge >= 0.3 is 0 Å². The third-order valence-electron chi connectivity index (χ3n) is 1.10. The van der Waals surface area contributed by atoms with E-state index in [2.05, 4.69) is 0 Å². The molecule has 1 rings (SSSR count). The summed E-state index contributed by atoms with van der Waals surface area (Å²) in [5.41, 5.74) is 15.3. The Balaban J connectivity index is 2.41. The Kier molecular flexibility index (Phi) is 0.508. The van der Waals surface area contributed by atoms with Gasteiger partial charge in [-0.1, -0.05) is 0 Å². The van der Waals surface area contributed by atoms with E-state index in [1.54, 1.807) is 0 Å². The zero-order valence-electron chi connectivity index (χ0n) is 3.52. The van der Waals surface area contributed by atoms with Crippen molar-refractivity contribution in [1.29, 1.82) is 0 Å². The third kappa shape index (κ3) is 0.408. The standard InChI is InChI=1S/C3H9N3/c4-2-1-3(2,5)6/h2H,1,4-6H2. The van der Waals surface area contributed by atoms with Gasteiger partial charge in [-0.2, -0.15) is 0 Å². The predicted octanol–water partition coefficient (Wildman–Crippen LogP) is -1.67. The molecule has 1 aliphatic carbocycles. The summed E-state index contributed by atoms with van der Waals surface area (Å²) in [6.07, 6.45) is 0.771. The van der Waals surface area contributed by atoms with Crippen LogP contribution < -0.4 is 17.2 Å². The van der Waals surface area contributed by atoms with Crippen molar-refractivity contribution in [3.05, 3.63) is 0 Å². The fourth-order valence-corrected chi connectivity index (χ4v) is 0.322. The lowest BCUT2D eigenvalue weighted by atomic mass is 10.5. The van der Waals surface area contributed by atoms with Crippen molar-refractivity contribution in [1.82, 2.24) is 0 Å². The molecule has 0 amide bonds. The van der Waals surface area contributed by atoms with Gasteiger partial charge in [0, 0.05) is 6.04 Å². The highest BCUT2D eigenvalue weighted by Gasteiger charge is 2.44. The third-order valence-corrected chi connectivity index (χ3v) is 1.10. The molecule has 1 unspecified atom stereocenters. The minimum atomic E-state index is -0.514. The molecule has 3 heteroatoms. The summed E-state index contributed by atoms with van der Waals surface area (Å²) in [4.78, 5) is 0. The number of nitrogens with two attached hydrogens (primary N) is 3. The molecular weight excluding hydrogens is 78.1 g/mol. The highest BCUT2D eigenvalue weighted by Crippen LogP contribution is 2.23. The van der Waals surface area contributed by atoms with Crippen LogP contribution in [0.4, 0.5) is 0 Å². The van der Waals surface area contributed by atoms with Gasteiger partial charge in [0.2, 0.25) is 0 Å².